The Morgan fingerprint density at radius 2 is 1.48 bits per heavy atom. The van der Waals surface area contributed by atoms with Crippen molar-refractivity contribution >= 4 is 21.6 Å². The number of aryl methyl sites for hydroxylation is 2. The summed E-state index contributed by atoms with van der Waals surface area (Å²) in [5.41, 5.74) is 3.46. The quantitative estimate of drug-likeness (QED) is 0.528. The van der Waals surface area contributed by atoms with Gasteiger partial charge < -0.3 is 10.1 Å². The van der Waals surface area contributed by atoms with Crippen LogP contribution >= 0.6 is 0 Å². The maximum Gasteiger partial charge on any atom is 0.261 e. The molecular formula is C24H26N2O4S. The third-order valence-electron chi connectivity index (χ3n) is 4.83. The summed E-state index contributed by atoms with van der Waals surface area (Å²) < 4.78 is 32.8. The third kappa shape index (κ3) is 6.58. The number of ether oxygens (including phenoxy) is 1. The van der Waals surface area contributed by atoms with Gasteiger partial charge in [0.25, 0.3) is 10.0 Å². The van der Waals surface area contributed by atoms with Crippen molar-refractivity contribution in [3.63, 3.8) is 0 Å². The topological polar surface area (TPSA) is 84.5 Å². The summed E-state index contributed by atoms with van der Waals surface area (Å²) in [5, 5.41) is 2.89. The van der Waals surface area contributed by atoms with Gasteiger partial charge in [0.1, 0.15) is 5.75 Å². The van der Waals surface area contributed by atoms with Gasteiger partial charge in [-0.1, -0.05) is 42.0 Å². The molecule has 0 radical (unpaired) electrons. The fourth-order valence-corrected chi connectivity index (χ4v) is 4.02. The fourth-order valence-electron chi connectivity index (χ4n) is 2.96. The van der Waals surface area contributed by atoms with Crippen molar-refractivity contribution in [1.29, 1.82) is 0 Å². The van der Waals surface area contributed by atoms with Crippen molar-refractivity contribution in [2.24, 2.45) is 0 Å². The average molecular weight is 439 g/mol. The van der Waals surface area contributed by atoms with Gasteiger partial charge >= 0.3 is 0 Å². The number of hydrogen-bond donors (Lipinski definition) is 2. The molecule has 1 amide bonds. The van der Waals surface area contributed by atoms with E-state index in [4.69, 9.17) is 4.74 Å². The summed E-state index contributed by atoms with van der Waals surface area (Å²) in [6, 6.07) is 21.3. The lowest BCUT2D eigenvalue weighted by molar-refractivity contribution is -0.121. The summed E-state index contributed by atoms with van der Waals surface area (Å²) in [4.78, 5) is 12.3. The number of rotatable bonds is 9. The van der Waals surface area contributed by atoms with E-state index in [9.17, 15) is 13.2 Å². The van der Waals surface area contributed by atoms with Crippen LogP contribution in [0.2, 0.25) is 0 Å². The molecule has 0 saturated heterocycles. The molecule has 0 aliphatic rings. The molecule has 3 aromatic carbocycles. The van der Waals surface area contributed by atoms with Crippen molar-refractivity contribution in [2.75, 3.05) is 11.8 Å². The zero-order valence-corrected chi connectivity index (χ0v) is 18.4. The van der Waals surface area contributed by atoms with Crippen LogP contribution in [0.5, 0.6) is 5.75 Å². The van der Waals surface area contributed by atoms with E-state index in [0.717, 1.165) is 22.4 Å². The minimum atomic E-state index is -3.66. The van der Waals surface area contributed by atoms with Crippen molar-refractivity contribution < 1.29 is 17.9 Å². The minimum absolute atomic E-state index is 0.0615. The summed E-state index contributed by atoms with van der Waals surface area (Å²) in [5.74, 6) is 0.711. The number of methoxy groups -OCH3 is 1. The van der Waals surface area contributed by atoms with Gasteiger partial charge in [-0.05, 0) is 60.9 Å². The Hall–Kier alpha value is -3.32. The van der Waals surface area contributed by atoms with Crippen LogP contribution in [-0.2, 0) is 27.8 Å². The molecule has 3 aromatic rings. The molecule has 0 aliphatic carbocycles. The highest BCUT2D eigenvalue weighted by Gasteiger charge is 2.14. The Morgan fingerprint density at radius 3 is 2.10 bits per heavy atom. The molecule has 31 heavy (non-hydrogen) atoms. The summed E-state index contributed by atoms with van der Waals surface area (Å²) in [7, 11) is -2.05. The van der Waals surface area contributed by atoms with Crippen LogP contribution in [0.1, 0.15) is 23.1 Å². The van der Waals surface area contributed by atoms with E-state index in [-0.39, 0.29) is 10.8 Å². The number of hydrogen-bond acceptors (Lipinski definition) is 4. The first-order valence-corrected chi connectivity index (χ1v) is 11.4. The first-order valence-electron chi connectivity index (χ1n) is 9.94. The number of anilines is 1. The second-order valence-electron chi connectivity index (χ2n) is 7.24. The van der Waals surface area contributed by atoms with Crippen molar-refractivity contribution in [1.82, 2.24) is 5.32 Å². The van der Waals surface area contributed by atoms with Crippen LogP contribution in [0.3, 0.4) is 0 Å². The molecule has 0 fully saturated rings. The Morgan fingerprint density at radius 1 is 0.871 bits per heavy atom. The lowest BCUT2D eigenvalue weighted by Crippen LogP contribution is -2.23. The molecule has 7 heteroatoms. The molecule has 162 valence electrons. The minimum Gasteiger partial charge on any atom is -0.497 e. The van der Waals surface area contributed by atoms with E-state index in [1.54, 1.807) is 43.5 Å². The van der Waals surface area contributed by atoms with Gasteiger partial charge in [0, 0.05) is 18.7 Å². The smallest absolute Gasteiger partial charge is 0.261 e. The van der Waals surface area contributed by atoms with E-state index in [2.05, 4.69) is 10.0 Å². The van der Waals surface area contributed by atoms with Gasteiger partial charge in [-0.25, -0.2) is 8.42 Å². The predicted octanol–water partition coefficient (Wildman–Crippen LogP) is 4.05. The molecule has 0 aliphatic heterocycles. The fraction of sp³-hybridized carbons (Fsp3) is 0.208. The van der Waals surface area contributed by atoms with Gasteiger partial charge in [0.15, 0.2) is 0 Å². The van der Waals surface area contributed by atoms with Crippen molar-refractivity contribution in [2.45, 2.75) is 31.2 Å². The first-order chi connectivity index (χ1) is 14.9. The van der Waals surface area contributed by atoms with Crippen molar-refractivity contribution in [3.8, 4) is 5.75 Å². The Balaban J connectivity index is 1.50. The molecule has 0 bridgehead atoms. The second kappa shape index (κ2) is 10.1. The van der Waals surface area contributed by atoms with E-state index in [1.807, 2.05) is 43.3 Å². The number of carbonyl (C=O) groups excluding carboxylic acids is 1. The summed E-state index contributed by atoms with van der Waals surface area (Å²) in [6.07, 6.45) is 0.851. The number of nitrogens with one attached hydrogen (secondary N) is 2. The summed E-state index contributed by atoms with van der Waals surface area (Å²) in [6.45, 7) is 2.39. The van der Waals surface area contributed by atoms with Crippen LogP contribution in [0.25, 0.3) is 0 Å². The molecule has 0 aromatic heterocycles. The maximum absolute atomic E-state index is 12.5. The zero-order valence-electron chi connectivity index (χ0n) is 17.6. The molecule has 3 rings (SSSR count). The maximum atomic E-state index is 12.5. The number of carbonyl (C=O) groups is 1. The van der Waals surface area contributed by atoms with E-state index in [1.165, 1.54) is 0 Å². The Kier molecular flexibility index (Phi) is 7.31. The first kappa shape index (κ1) is 22.4. The number of amides is 1. The van der Waals surface area contributed by atoms with Crippen LogP contribution < -0.4 is 14.8 Å². The molecular weight excluding hydrogens is 412 g/mol. The SMILES string of the molecule is COc1ccc(CNC(=O)CCc2ccc(S(=O)(=O)Nc3ccc(C)cc3)cc2)cc1. The zero-order chi connectivity index (χ0) is 22.3. The largest absolute Gasteiger partial charge is 0.497 e. The van der Waals surface area contributed by atoms with Crippen LogP contribution in [0.15, 0.2) is 77.7 Å². The summed E-state index contributed by atoms with van der Waals surface area (Å²) >= 11 is 0. The van der Waals surface area contributed by atoms with E-state index in [0.29, 0.717) is 25.1 Å². The predicted molar refractivity (Wildman–Crippen MR) is 122 cm³/mol. The molecule has 0 spiro atoms. The van der Waals surface area contributed by atoms with Gasteiger partial charge in [-0.2, -0.15) is 0 Å². The highest BCUT2D eigenvalue weighted by Crippen LogP contribution is 2.18. The van der Waals surface area contributed by atoms with Gasteiger partial charge in [-0.15, -0.1) is 0 Å². The van der Waals surface area contributed by atoms with Gasteiger partial charge in [0.05, 0.1) is 12.0 Å². The molecule has 0 saturated carbocycles. The Labute approximate surface area is 183 Å². The highest BCUT2D eigenvalue weighted by molar-refractivity contribution is 7.92. The van der Waals surface area contributed by atoms with Gasteiger partial charge in [0.2, 0.25) is 5.91 Å². The number of sulfonamides is 1. The lowest BCUT2D eigenvalue weighted by Gasteiger charge is -2.09. The van der Waals surface area contributed by atoms with E-state index >= 15 is 0 Å². The Bertz CT molecular complexity index is 1110. The molecule has 0 unspecified atom stereocenters. The molecule has 0 atom stereocenters. The number of benzene rings is 3. The standard InChI is InChI=1S/C24H26N2O4S/c1-18-3-10-21(11-4-18)26-31(28,29)23-14-7-19(8-15-23)9-16-24(27)25-17-20-5-12-22(30-2)13-6-20/h3-8,10-15,26H,9,16-17H2,1-2H3,(H,25,27). The van der Waals surface area contributed by atoms with Crippen LogP contribution in [0.4, 0.5) is 5.69 Å². The second-order valence-corrected chi connectivity index (χ2v) is 8.92. The van der Waals surface area contributed by atoms with Crippen LogP contribution in [0, 0.1) is 6.92 Å². The highest BCUT2D eigenvalue weighted by atomic mass is 32.2. The van der Waals surface area contributed by atoms with Gasteiger partial charge in [-0.3, -0.25) is 9.52 Å². The molecule has 6 nitrogen and oxygen atoms in total. The average Bonchev–Trinajstić information content (AvgIpc) is 2.78. The normalized spacial score (nSPS) is 11.0. The van der Waals surface area contributed by atoms with Crippen molar-refractivity contribution in [3.05, 3.63) is 89.5 Å². The molecule has 2 N–H and O–H groups in total. The third-order valence-corrected chi connectivity index (χ3v) is 6.22. The van der Waals surface area contributed by atoms with Crippen LogP contribution in [-0.4, -0.2) is 21.4 Å². The lowest BCUT2D eigenvalue weighted by atomic mass is 10.1. The van der Waals surface area contributed by atoms with E-state index < -0.39 is 10.0 Å². The molecule has 0 heterocycles. The monoisotopic (exact) mass is 438 g/mol.